The zero-order valence-electron chi connectivity index (χ0n) is 47.5. The van der Waals surface area contributed by atoms with E-state index in [0.29, 0.717) is 31.5 Å². The third-order valence-corrected chi connectivity index (χ3v) is 15.1. The first kappa shape index (κ1) is 67.4. The molecule has 0 aromatic carbocycles. The number of nitrogens with one attached hydrogen (secondary N) is 1. The molecule has 0 saturated carbocycles. The lowest BCUT2D eigenvalue weighted by Crippen LogP contribution is -2.42. The van der Waals surface area contributed by atoms with Crippen molar-refractivity contribution in [1.82, 2.24) is 5.32 Å². The maximum Gasteiger partial charge on any atom is 0.328 e. The van der Waals surface area contributed by atoms with Crippen LogP contribution in [0.3, 0.4) is 0 Å². The van der Waals surface area contributed by atoms with Crippen LogP contribution in [0.25, 0.3) is 0 Å². The Bertz CT molecular complexity index is 1060. The average Bonchev–Trinajstić information content (AvgIpc) is 3.35. The van der Waals surface area contributed by atoms with E-state index in [1.165, 1.54) is 257 Å². The summed E-state index contributed by atoms with van der Waals surface area (Å²) in [5.41, 5.74) is 0. The minimum Gasteiger partial charge on any atom is -0.465 e. The maximum atomic E-state index is 13.9. The lowest BCUT2D eigenvalue weighted by molar-refractivity contribution is -0.150. The summed E-state index contributed by atoms with van der Waals surface area (Å²) in [5.74, 6) is -0.0187. The van der Waals surface area contributed by atoms with E-state index in [0.717, 1.165) is 44.9 Å². The molecule has 0 aromatic rings. The van der Waals surface area contributed by atoms with Crippen molar-refractivity contribution < 1.29 is 23.9 Å². The van der Waals surface area contributed by atoms with Crippen molar-refractivity contribution in [3.63, 3.8) is 0 Å². The van der Waals surface area contributed by atoms with Crippen LogP contribution in [0.15, 0.2) is 0 Å². The summed E-state index contributed by atoms with van der Waals surface area (Å²) in [6, 6.07) is -0.824. The first-order valence-corrected chi connectivity index (χ1v) is 31.5. The molecule has 0 aliphatic heterocycles. The predicted molar refractivity (Wildman–Crippen MR) is 300 cm³/mol. The lowest BCUT2D eigenvalue weighted by atomic mass is 9.94. The van der Waals surface area contributed by atoms with Crippen molar-refractivity contribution in [2.75, 3.05) is 13.2 Å². The Morgan fingerprint density at radius 2 is 0.565 bits per heavy atom. The number of unbranched alkanes of at least 4 members (excludes halogenated alkanes) is 38. The first-order valence-electron chi connectivity index (χ1n) is 31.5. The second-order valence-electron chi connectivity index (χ2n) is 22.0. The van der Waals surface area contributed by atoms with Gasteiger partial charge in [-0.15, -0.1) is 0 Å². The van der Waals surface area contributed by atoms with Crippen molar-refractivity contribution in [3.8, 4) is 0 Å². The summed E-state index contributed by atoms with van der Waals surface area (Å²) < 4.78 is 12.1. The molecule has 0 aromatic heterocycles. The van der Waals surface area contributed by atoms with E-state index in [1.807, 2.05) is 0 Å². The average molecular weight is 975 g/mol. The number of esters is 2. The normalized spacial score (nSPS) is 12.8. The Balaban J connectivity index is 5.34. The standard InChI is InChI=1S/C63H123NO5/c1-6-11-16-21-26-29-30-31-32-33-34-35-38-43-48-53-61(65)64-60(63(67)69-57-59(51-45-40-25-20-15-10-5)52-47-42-37-28-23-18-13-8-3)54-55-62(66)68-56-58(49-44-39-24-19-14-9-4)50-46-41-36-27-22-17-12-7-2/h58-60H,6-57H2,1-5H3,(H,64,65)/t58?,59?,60-/m0/s1. The van der Waals surface area contributed by atoms with Crippen molar-refractivity contribution in [3.05, 3.63) is 0 Å². The van der Waals surface area contributed by atoms with Gasteiger partial charge in [-0.05, 0) is 50.4 Å². The molecule has 0 bridgehead atoms. The van der Waals surface area contributed by atoms with Gasteiger partial charge in [0.15, 0.2) is 0 Å². The van der Waals surface area contributed by atoms with Crippen LogP contribution in [-0.2, 0) is 23.9 Å². The molecule has 0 heterocycles. The van der Waals surface area contributed by atoms with Gasteiger partial charge < -0.3 is 14.8 Å². The number of hydrogen-bond donors (Lipinski definition) is 1. The van der Waals surface area contributed by atoms with Gasteiger partial charge in [-0.2, -0.15) is 0 Å². The Labute approximate surface area is 432 Å². The van der Waals surface area contributed by atoms with Gasteiger partial charge in [-0.1, -0.05) is 304 Å². The Kier molecular flexibility index (Phi) is 54.4. The van der Waals surface area contributed by atoms with Crippen LogP contribution in [0, 0.1) is 11.8 Å². The van der Waals surface area contributed by atoms with Crippen LogP contribution in [0.5, 0.6) is 0 Å². The fourth-order valence-corrected chi connectivity index (χ4v) is 10.2. The van der Waals surface area contributed by atoms with E-state index in [4.69, 9.17) is 9.47 Å². The first-order chi connectivity index (χ1) is 33.9. The number of carbonyl (C=O) groups is 3. The largest absolute Gasteiger partial charge is 0.465 e. The quantitative estimate of drug-likeness (QED) is 0.0485. The molecular weight excluding hydrogens is 851 g/mol. The Morgan fingerprint density at radius 3 is 0.870 bits per heavy atom. The molecule has 3 atom stereocenters. The highest BCUT2D eigenvalue weighted by atomic mass is 16.5. The highest BCUT2D eigenvalue weighted by molar-refractivity contribution is 5.85. The van der Waals surface area contributed by atoms with Gasteiger partial charge in [-0.25, -0.2) is 4.79 Å². The molecule has 6 nitrogen and oxygen atoms in total. The molecular formula is C63H123NO5. The van der Waals surface area contributed by atoms with Crippen molar-refractivity contribution in [1.29, 1.82) is 0 Å². The molecule has 2 unspecified atom stereocenters. The minimum atomic E-state index is -0.824. The van der Waals surface area contributed by atoms with Crippen LogP contribution in [0.4, 0.5) is 0 Å². The number of carbonyl (C=O) groups excluding carboxylic acids is 3. The van der Waals surface area contributed by atoms with Gasteiger partial charge >= 0.3 is 11.9 Å². The minimum absolute atomic E-state index is 0.105. The molecule has 0 rings (SSSR count). The molecule has 1 N–H and O–H groups in total. The van der Waals surface area contributed by atoms with Crippen LogP contribution in [0.1, 0.15) is 356 Å². The summed E-state index contributed by atoms with van der Waals surface area (Å²) in [7, 11) is 0. The van der Waals surface area contributed by atoms with Gasteiger partial charge in [0.25, 0.3) is 0 Å². The van der Waals surface area contributed by atoms with Crippen LogP contribution in [0.2, 0.25) is 0 Å². The van der Waals surface area contributed by atoms with Gasteiger partial charge in [0.05, 0.1) is 13.2 Å². The van der Waals surface area contributed by atoms with Gasteiger partial charge in [0.2, 0.25) is 5.91 Å². The summed E-state index contributed by atoms with van der Waals surface area (Å²) in [4.78, 5) is 40.7. The smallest absolute Gasteiger partial charge is 0.328 e. The van der Waals surface area contributed by atoms with Crippen LogP contribution >= 0.6 is 0 Å². The van der Waals surface area contributed by atoms with E-state index in [-0.39, 0.29) is 30.7 Å². The molecule has 0 saturated heterocycles. The highest BCUT2D eigenvalue weighted by Crippen LogP contribution is 2.23. The van der Waals surface area contributed by atoms with Crippen molar-refractivity contribution in [2.45, 2.75) is 362 Å². The Morgan fingerprint density at radius 1 is 0.304 bits per heavy atom. The summed E-state index contributed by atoms with van der Waals surface area (Å²) in [5, 5.41) is 3.05. The molecule has 1 amide bonds. The zero-order chi connectivity index (χ0) is 50.4. The van der Waals surface area contributed by atoms with E-state index in [1.54, 1.807) is 0 Å². The zero-order valence-corrected chi connectivity index (χ0v) is 47.5. The second-order valence-corrected chi connectivity index (χ2v) is 22.0. The number of hydrogen-bond acceptors (Lipinski definition) is 5. The van der Waals surface area contributed by atoms with E-state index in [2.05, 4.69) is 39.9 Å². The number of amides is 1. The van der Waals surface area contributed by atoms with E-state index < -0.39 is 6.04 Å². The maximum absolute atomic E-state index is 13.9. The molecule has 69 heavy (non-hydrogen) atoms. The van der Waals surface area contributed by atoms with Crippen molar-refractivity contribution in [2.24, 2.45) is 11.8 Å². The van der Waals surface area contributed by atoms with Gasteiger partial charge in [0.1, 0.15) is 6.04 Å². The SMILES string of the molecule is CCCCCCCCCCCCCCCCCC(=O)N[C@@H](CCC(=O)OCC(CCCCCCCC)CCCCCCCCCC)C(=O)OCC(CCCCCCCC)CCCCCCCCCC. The summed E-state index contributed by atoms with van der Waals surface area (Å²) >= 11 is 0. The number of ether oxygens (including phenoxy) is 2. The fourth-order valence-electron chi connectivity index (χ4n) is 10.2. The van der Waals surface area contributed by atoms with Gasteiger partial charge in [-0.3, -0.25) is 9.59 Å². The summed E-state index contributed by atoms with van der Waals surface area (Å²) in [6.07, 6.45) is 60.3. The monoisotopic (exact) mass is 974 g/mol. The lowest BCUT2D eigenvalue weighted by Gasteiger charge is -2.21. The molecule has 0 aliphatic carbocycles. The van der Waals surface area contributed by atoms with E-state index >= 15 is 0 Å². The van der Waals surface area contributed by atoms with Crippen LogP contribution < -0.4 is 5.32 Å². The third kappa shape index (κ3) is 49.8. The molecule has 0 radical (unpaired) electrons. The topological polar surface area (TPSA) is 81.7 Å². The fraction of sp³-hybridized carbons (Fsp3) is 0.952. The van der Waals surface area contributed by atoms with E-state index in [9.17, 15) is 14.4 Å². The number of rotatable bonds is 57. The van der Waals surface area contributed by atoms with Crippen molar-refractivity contribution >= 4 is 17.8 Å². The molecule has 0 aliphatic rings. The molecule has 410 valence electrons. The predicted octanol–water partition coefficient (Wildman–Crippen LogP) is 20.4. The molecule has 0 spiro atoms. The Hall–Kier alpha value is -1.59. The van der Waals surface area contributed by atoms with Gasteiger partial charge in [0, 0.05) is 12.8 Å². The molecule has 0 fully saturated rings. The van der Waals surface area contributed by atoms with Crippen LogP contribution in [-0.4, -0.2) is 37.1 Å². The summed E-state index contributed by atoms with van der Waals surface area (Å²) in [6.45, 7) is 12.2. The third-order valence-electron chi connectivity index (χ3n) is 15.1. The molecule has 6 heteroatoms. The highest BCUT2D eigenvalue weighted by Gasteiger charge is 2.25. The second kappa shape index (κ2) is 55.7.